The molecule has 1 amide bonds. The summed E-state index contributed by atoms with van der Waals surface area (Å²) >= 11 is 0. The topological polar surface area (TPSA) is 117 Å². The van der Waals surface area contributed by atoms with Crippen LogP contribution in [0.25, 0.3) is 11.2 Å². The molecule has 3 rings (SSSR count). The maximum atomic E-state index is 12.2. The Morgan fingerprint density at radius 3 is 2.91 bits per heavy atom. The molecule has 0 aliphatic carbocycles. The van der Waals surface area contributed by atoms with Crippen molar-refractivity contribution in [3.8, 4) is 0 Å². The van der Waals surface area contributed by atoms with Crippen molar-refractivity contribution in [2.45, 2.75) is 19.9 Å². The number of nitrogens with two attached hydrogens (primary N) is 1. The van der Waals surface area contributed by atoms with Gasteiger partial charge < -0.3 is 11.1 Å². The van der Waals surface area contributed by atoms with Crippen molar-refractivity contribution in [1.29, 1.82) is 0 Å². The highest BCUT2D eigenvalue weighted by Crippen LogP contribution is 2.16. The van der Waals surface area contributed by atoms with E-state index in [2.05, 4.69) is 25.4 Å². The fraction of sp³-hybridized carbons (Fsp3) is 0.357. The summed E-state index contributed by atoms with van der Waals surface area (Å²) in [7, 11) is 1.82. The number of amides is 1. The smallest absolute Gasteiger partial charge is 0.252 e. The summed E-state index contributed by atoms with van der Waals surface area (Å²) in [4.78, 5) is 24.8. The summed E-state index contributed by atoms with van der Waals surface area (Å²) in [6.07, 6.45) is 3.63. The Balaban J connectivity index is 1.70. The summed E-state index contributed by atoms with van der Waals surface area (Å²) in [5.74, 6) is 1.01. The molecule has 0 aromatic carbocycles. The number of imidazole rings is 1. The van der Waals surface area contributed by atoms with Crippen LogP contribution in [0.1, 0.15) is 23.1 Å². The van der Waals surface area contributed by atoms with Gasteiger partial charge in [-0.1, -0.05) is 0 Å². The Morgan fingerprint density at radius 1 is 1.39 bits per heavy atom. The quantitative estimate of drug-likeness (QED) is 0.691. The number of fused-ring (bicyclic) bond motifs is 1. The van der Waals surface area contributed by atoms with E-state index in [4.69, 9.17) is 5.73 Å². The Labute approximate surface area is 132 Å². The van der Waals surface area contributed by atoms with Crippen LogP contribution in [0.3, 0.4) is 0 Å². The Hall–Kier alpha value is -2.97. The van der Waals surface area contributed by atoms with E-state index in [-0.39, 0.29) is 5.91 Å². The number of carbonyl (C=O) groups excluding carboxylic acids is 1. The maximum Gasteiger partial charge on any atom is 0.252 e. The number of hydrogen-bond donors (Lipinski definition) is 2. The standard InChI is InChI=1S/C14H18N8O/c1-3-22-12-10(20-14(22)15)6-9(7-17-12)13(23)16-5-4-11-18-8-19-21(11)2/h6-8H,3-5H2,1-2H3,(H2,15,20)(H,16,23). The molecular formula is C14H18N8O. The monoisotopic (exact) mass is 314 g/mol. The zero-order chi connectivity index (χ0) is 16.4. The number of hydrogen-bond acceptors (Lipinski definition) is 6. The molecule has 0 atom stereocenters. The second kappa shape index (κ2) is 6.03. The molecule has 0 spiro atoms. The second-order valence-corrected chi connectivity index (χ2v) is 5.09. The lowest BCUT2D eigenvalue weighted by Crippen LogP contribution is -2.26. The van der Waals surface area contributed by atoms with Gasteiger partial charge in [0, 0.05) is 32.8 Å². The first-order valence-corrected chi connectivity index (χ1v) is 7.33. The summed E-state index contributed by atoms with van der Waals surface area (Å²) in [6.45, 7) is 3.11. The number of pyridine rings is 1. The molecule has 3 aromatic rings. The molecule has 0 saturated heterocycles. The minimum atomic E-state index is -0.203. The first-order chi connectivity index (χ1) is 11.1. The van der Waals surface area contributed by atoms with Crippen LogP contribution in [0.4, 0.5) is 5.95 Å². The molecule has 0 radical (unpaired) electrons. The molecule has 3 N–H and O–H groups in total. The van der Waals surface area contributed by atoms with E-state index in [0.717, 1.165) is 5.82 Å². The van der Waals surface area contributed by atoms with E-state index in [1.807, 2.05) is 14.0 Å². The molecular weight excluding hydrogens is 296 g/mol. The molecule has 23 heavy (non-hydrogen) atoms. The minimum Gasteiger partial charge on any atom is -0.369 e. The normalized spacial score (nSPS) is 11.0. The average Bonchev–Trinajstić information content (AvgIpc) is 3.08. The Bertz CT molecular complexity index is 850. The average molecular weight is 314 g/mol. The van der Waals surface area contributed by atoms with E-state index < -0.39 is 0 Å². The first-order valence-electron chi connectivity index (χ1n) is 7.33. The van der Waals surface area contributed by atoms with Gasteiger partial charge in [-0.3, -0.25) is 14.0 Å². The number of aromatic nitrogens is 6. The molecule has 0 aliphatic rings. The number of nitrogen functional groups attached to an aromatic ring is 1. The first kappa shape index (κ1) is 14.9. The van der Waals surface area contributed by atoms with E-state index >= 15 is 0 Å². The van der Waals surface area contributed by atoms with Crippen molar-refractivity contribution >= 4 is 23.0 Å². The van der Waals surface area contributed by atoms with Gasteiger partial charge in [-0.05, 0) is 13.0 Å². The molecule has 0 aliphatic heterocycles. The van der Waals surface area contributed by atoms with Crippen molar-refractivity contribution < 1.29 is 4.79 Å². The fourth-order valence-corrected chi connectivity index (χ4v) is 2.40. The van der Waals surface area contributed by atoms with Gasteiger partial charge in [0.2, 0.25) is 5.95 Å². The predicted molar refractivity (Wildman–Crippen MR) is 84.7 cm³/mol. The highest BCUT2D eigenvalue weighted by Gasteiger charge is 2.12. The van der Waals surface area contributed by atoms with Gasteiger partial charge >= 0.3 is 0 Å². The van der Waals surface area contributed by atoms with Crippen molar-refractivity contribution in [2.75, 3.05) is 12.3 Å². The van der Waals surface area contributed by atoms with Crippen molar-refractivity contribution in [3.05, 3.63) is 30.0 Å². The number of rotatable bonds is 5. The molecule has 0 bridgehead atoms. The van der Waals surface area contributed by atoms with E-state index in [9.17, 15) is 4.79 Å². The molecule has 3 aromatic heterocycles. The lowest BCUT2D eigenvalue weighted by molar-refractivity contribution is 0.0953. The molecule has 120 valence electrons. The van der Waals surface area contributed by atoms with Gasteiger partial charge in [-0.15, -0.1) is 0 Å². The number of aryl methyl sites for hydroxylation is 2. The van der Waals surface area contributed by atoms with Crippen LogP contribution in [-0.2, 0) is 20.0 Å². The van der Waals surface area contributed by atoms with Gasteiger partial charge in [0.15, 0.2) is 5.65 Å². The number of nitrogens with zero attached hydrogens (tertiary/aromatic N) is 6. The molecule has 0 unspecified atom stereocenters. The maximum absolute atomic E-state index is 12.2. The number of nitrogens with one attached hydrogen (secondary N) is 1. The molecule has 9 nitrogen and oxygen atoms in total. The second-order valence-electron chi connectivity index (χ2n) is 5.09. The zero-order valence-electron chi connectivity index (χ0n) is 13.0. The molecule has 0 fully saturated rings. The molecule has 9 heteroatoms. The number of carbonyl (C=O) groups is 1. The third-order valence-electron chi connectivity index (χ3n) is 3.63. The number of anilines is 1. The summed E-state index contributed by atoms with van der Waals surface area (Å²) < 4.78 is 3.48. The SMILES string of the molecule is CCn1c(N)nc2cc(C(=O)NCCc3ncnn3C)cnc21. The Kier molecular flexibility index (Phi) is 3.92. The molecule has 3 heterocycles. The summed E-state index contributed by atoms with van der Waals surface area (Å²) in [5.41, 5.74) is 7.59. The van der Waals surface area contributed by atoms with Crippen molar-refractivity contribution in [2.24, 2.45) is 7.05 Å². The lowest BCUT2D eigenvalue weighted by Gasteiger charge is -2.05. The van der Waals surface area contributed by atoms with Crippen LogP contribution in [0, 0.1) is 0 Å². The van der Waals surface area contributed by atoms with Crippen LogP contribution in [-0.4, -0.2) is 41.8 Å². The third-order valence-corrected chi connectivity index (χ3v) is 3.63. The lowest BCUT2D eigenvalue weighted by atomic mass is 10.2. The van der Waals surface area contributed by atoms with E-state index in [0.29, 0.717) is 42.2 Å². The minimum absolute atomic E-state index is 0.203. The zero-order valence-corrected chi connectivity index (χ0v) is 13.0. The van der Waals surface area contributed by atoms with Crippen molar-refractivity contribution in [3.63, 3.8) is 0 Å². The van der Waals surface area contributed by atoms with Gasteiger partial charge in [0.1, 0.15) is 17.7 Å². The Morgan fingerprint density at radius 2 is 2.22 bits per heavy atom. The molecule has 0 saturated carbocycles. The van der Waals surface area contributed by atoms with Gasteiger partial charge in [-0.2, -0.15) is 5.10 Å². The van der Waals surface area contributed by atoms with Crippen molar-refractivity contribution in [1.82, 2.24) is 34.6 Å². The van der Waals surface area contributed by atoms with Gasteiger partial charge in [-0.25, -0.2) is 15.0 Å². The highest BCUT2D eigenvalue weighted by atomic mass is 16.1. The van der Waals surface area contributed by atoms with Crippen LogP contribution in [0.2, 0.25) is 0 Å². The highest BCUT2D eigenvalue weighted by molar-refractivity contribution is 5.96. The van der Waals surface area contributed by atoms with Gasteiger partial charge in [0.25, 0.3) is 5.91 Å². The van der Waals surface area contributed by atoms with Crippen LogP contribution in [0.15, 0.2) is 18.6 Å². The van der Waals surface area contributed by atoms with E-state index in [1.165, 1.54) is 12.5 Å². The van der Waals surface area contributed by atoms with Gasteiger partial charge in [0.05, 0.1) is 5.56 Å². The predicted octanol–water partition coefficient (Wildman–Crippen LogP) is 0.134. The summed E-state index contributed by atoms with van der Waals surface area (Å²) in [5, 5.41) is 6.82. The fourth-order valence-electron chi connectivity index (χ4n) is 2.40. The van der Waals surface area contributed by atoms with Crippen LogP contribution < -0.4 is 11.1 Å². The largest absolute Gasteiger partial charge is 0.369 e. The van der Waals surface area contributed by atoms with E-state index in [1.54, 1.807) is 15.3 Å². The summed E-state index contributed by atoms with van der Waals surface area (Å²) in [6, 6.07) is 1.70. The third kappa shape index (κ3) is 2.85. The van der Waals surface area contributed by atoms with Crippen LogP contribution >= 0.6 is 0 Å². The van der Waals surface area contributed by atoms with Crippen LogP contribution in [0.5, 0.6) is 0 Å².